The second-order valence-corrected chi connectivity index (χ2v) is 7.31. The third-order valence-electron chi connectivity index (χ3n) is 2.99. The van der Waals surface area contributed by atoms with Crippen molar-refractivity contribution in [3.63, 3.8) is 0 Å². The lowest BCUT2D eigenvalue weighted by Gasteiger charge is -2.30. The number of nitrogens with zero attached hydrogens (tertiary/aromatic N) is 4. The van der Waals surface area contributed by atoms with E-state index < -0.39 is 0 Å². The zero-order chi connectivity index (χ0) is 16.2. The highest BCUT2D eigenvalue weighted by molar-refractivity contribution is 9.10. The molecule has 0 spiro atoms. The monoisotopic (exact) mass is 358 g/mol. The minimum absolute atomic E-state index is 0.0986. The molecule has 2 aromatic rings. The number of nitriles is 1. The van der Waals surface area contributed by atoms with Crippen LogP contribution in [0.3, 0.4) is 0 Å². The van der Waals surface area contributed by atoms with Gasteiger partial charge in [-0.1, -0.05) is 48.8 Å². The number of hydrogen-bond donors (Lipinski definition) is 0. The maximum atomic E-state index is 9.03. The van der Waals surface area contributed by atoms with E-state index in [-0.39, 0.29) is 5.41 Å². The molecule has 1 aromatic heterocycles. The molecule has 2 rings (SSSR count). The molecule has 0 saturated heterocycles. The van der Waals surface area contributed by atoms with Gasteiger partial charge in [-0.15, -0.1) is 0 Å². The van der Waals surface area contributed by atoms with E-state index in [1.165, 1.54) is 5.56 Å². The predicted molar refractivity (Wildman–Crippen MR) is 91.4 cm³/mol. The Bertz CT molecular complexity index is 668. The first kappa shape index (κ1) is 16.4. The molecule has 1 aromatic carbocycles. The summed E-state index contributed by atoms with van der Waals surface area (Å²) >= 11 is 3.45. The van der Waals surface area contributed by atoms with Crippen molar-refractivity contribution in [2.24, 2.45) is 5.41 Å². The first-order valence-corrected chi connectivity index (χ1v) is 7.89. The van der Waals surface area contributed by atoms with Crippen LogP contribution < -0.4 is 4.90 Å². The predicted octanol–water partition coefficient (Wildman–Crippen LogP) is 4.16. The van der Waals surface area contributed by atoms with Gasteiger partial charge < -0.3 is 4.90 Å². The quantitative estimate of drug-likeness (QED) is 0.822. The van der Waals surface area contributed by atoms with E-state index >= 15 is 0 Å². The van der Waals surface area contributed by atoms with Gasteiger partial charge in [0.25, 0.3) is 0 Å². The van der Waals surface area contributed by atoms with Gasteiger partial charge in [-0.25, -0.2) is 9.97 Å². The second-order valence-electron chi connectivity index (χ2n) is 6.40. The summed E-state index contributed by atoms with van der Waals surface area (Å²) in [6.45, 7) is 8.04. The SMILES string of the molecule is CC(C)(C)CN(Cc1ccc(Br)cc1)c1nccc(C#N)n1. The third kappa shape index (κ3) is 4.81. The summed E-state index contributed by atoms with van der Waals surface area (Å²) in [4.78, 5) is 10.8. The van der Waals surface area contributed by atoms with Crippen molar-refractivity contribution in [1.29, 1.82) is 5.26 Å². The number of hydrogen-bond acceptors (Lipinski definition) is 4. The summed E-state index contributed by atoms with van der Waals surface area (Å²) in [5, 5.41) is 9.03. The van der Waals surface area contributed by atoms with Gasteiger partial charge >= 0.3 is 0 Å². The van der Waals surface area contributed by atoms with E-state index in [4.69, 9.17) is 5.26 Å². The van der Waals surface area contributed by atoms with Crippen LogP contribution in [0.2, 0.25) is 0 Å². The van der Waals surface area contributed by atoms with Crippen LogP contribution in [-0.4, -0.2) is 16.5 Å². The van der Waals surface area contributed by atoms with Crippen molar-refractivity contribution in [3.05, 3.63) is 52.3 Å². The molecule has 5 heteroatoms. The highest BCUT2D eigenvalue weighted by Gasteiger charge is 2.19. The molecule has 0 saturated carbocycles. The summed E-state index contributed by atoms with van der Waals surface area (Å²) in [5.74, 6) is 0.594. The number of benzene rings is 1. The van der Waals surface area contributed by atoms with Crippen molar-refractivity contribution in [2.75, 3.05) is 11.4 Å². The average Bonchev–Trinajstić information content (AvgIpc) is 2.47. The Morgan fingerprint density at radius 2 is 1.86 bits per heavy atom. The Labute approximate surface area is 140 Å². The molecule has 0 bridgehead atoms. The van der Waals surface area contributed by atoms with Crippen LogP contribution in [0.1, 0.15) is 32.0 Å². The Balaban J connectivity index is 2.29. The van der Waals surface area contributed by atoms with Gasteiger partial charge in [0.15, 0.2) is 0 Å². The van der Waals surface area contributed by atoms with E-state index in [2.05, 4.69) is 69.8 Å². The van der Waals surface area contributed by atoms with Crippen LogP contribution in [0.25, 0.3) is 0 Å². The lowest BCUT2D eigenvalue weighted by molar-refractivity contribution is 0.406. The van der Waals surface area contributed by atoms with E-state index in [0.29, 0.717) is 18.2 Å². The van der Waals surface area contributed by atoms with Crippen LogP contribution in [0.5, 0.6) is 0 Å². The summed E-state index contributed by atoms with van der Waals surface area (Å²) in [5.41, 5.74) is 1.67. The molecular weight excluding hydrogens is 340 g/mol. The van der Waals surface area contributed by atoms with Crippen LogP contribution in [0, 0.1) is 16.7 Å². The van der Waals surface area contributed by atoms with Gasteiger partial charge in [-0.05, 0) is 29.2 Å². The molecule has 0 N–H and O–H groups in total. The molecule has 0 aliphatic rings. The van der Waals surface area contributed by atoms with Gasteiger partial charge in [0.2, 0.25) is 5.95 Å². The minimum Gasteiger partial charge on any atom is -0.336 e. The zero-order valence-electron chi connectivity index (χ0n) is 13.0. The van der Waals surface area contributed by atoms with Crippen molar-refractivity contribution >= 4 is 21.9 Å². The maximum Gasteiger partial charge on any atom is 0.226 e. The molecule has 0 unspecified atom stereocenters. The topological polar surface area (TPSA) is 52.8 Å². The smallest absolute Gasteiger partial charge is 0.226 e. The Morgan fingerprint density at radius 3 is 2.45 bits per heavy atom. The number of rotatable bonds is 4. The van der Waals surface area contributed by atoms with Crippen molar-refractivity contribution in [2.45, 2.75) is 27.3 Å². The highest BCUT2D eigenvalue weighted by atomic mass is 79.9. The van der Waals surface area contributed by atoms with Gasteiger partial charge in [-0.2, -0.15) is 5.26 Å². The van der Waals surface area contributed by atoms with E-state index in [1.54, 1.807) is 12.3 Å². The fourth-order valence-corrected chi connectivity index (χ4v) is 2.41. The molecule has 0 aliphatic heterocycles. The first-order chi connectivity index (χ1) is 10.4. The molecule has 0 amide bonds. The van der Waals surface area contributed by atoms with Crippen LogP contribution in [-0.2, 0) is 6.54 Å². The third-order valence-corrected chi connectivity index (χ3v) is 3.52. The van der Waals surface area contributed by atoms with E-state index in [1.807, 2.05) is 12.1 Å². The lowest BCUT2D eigenvalue weighted by Crippen LogP contribution is -2.33. The van der Waals surface area contributed by atoms with Crippen molar-refractivity contribution in [1.82, 2.24) is 9.97 Å². The normalized spacial score (nSPS) is 11.0. The van der Waals surface area contributed by atoms with Crippen LogP contribution in [0.15, 0.2) is 41.0 Å². The molecule has 1 heterocycles. The first-order valence-electron chi connectivity index (χ1n) is 7.10. The molecule has 0 aliphatic carbocycles. The fraction of sp³-hybridized carbons (Fsp3) is 0.353. The number of anilines is 1. The highest BCUT2D eigenvalue weighted by Crippen LogP contribution is 2.21. The molecule has 4 nitrogen and oxygen atoms in total. The average molecular weight is 359 g/mol. The van der Waals surface area contributed by atoms with Gasteiger partial charge in [0.05, 0.1) is 0 Å². The Kier molecular flexibility index (Phi) is 5.15. The summed E-state index contributed by atoms with van der Waals surface area (Å²) < 4.78 is 1.06. The maximum absolute atomic E-state index is 9.03. The van der Waals surface area contributed by atoms with E-state index in [9.17, 15) is 0 Å². The molecule has 0 radical (unpaired) electrons. The van der Waals surface area contributed by atoms with Crippen molar-refractivity contribution in [3.8, 4) is 6.07 Å². The fourth-order valence-electron chi connectivity index (χ4n) is 2.14. The minimum atomic E-state index is 0.0986. The molecule has 0 fully saturated rings. The van der Waals surface area contributed by atoms with Gasteiger partial charge in [0, 0.05) is 23.8 Å². The molecular formula is C17H19BrN4. The van der Waals surface area contributed by atoms with Crippen molar-refractivity contribution < 1.29 is 0 Å². The number of halogens is 1. The molecule has 0 atom stereocenters. The lowest BCUT2D eigenvalue weighted by atomic mass is 9.96. The molecule has 22 heavy (non-hydrogen) atoms. The summed E-state index contributed by atoms with van der Waals surface area (Å²) in [6.07, 6.45) is 1.64. The Hall–Kier alpha value is -1.93. The summed E-state index contributed by atoms with van der Waals surface area (Å²) in [6, 6.07) is 11.9. The molecule has 114 valence electrons. The number of aromatic nitrogens is 2. The summed E-state index contributed by atoms with van der Waals surface area (Å²) in [7, 11) is 0. The van der Waals surface area contributed by atoms with Gasteiger partial charge in [0.1, 0.15) is 11.8 Å². The second kappa shape index (κ2) is 6.89. The van der Waals surface area contributed by atoms with E-state index in [0.717, 1.165) is 11.0 Å². The van der Waals surface area contributed by atoms with Crippen LogP contribution in [0.4, 0.5) is 5.95 Å². The van der Waals surface area contributed by atoms with Crippen LogP contribution >= 0.6 is 15.9 Å². The standard InChI is InChI=1S/C17H19BrN4/c1-17(2,3)12-22(11-13-4-6-14(18)7-5-13)16-20-9-8-15(10-19)21-16/h4-9H,11-12H2,1-3H3. The largest absolute Gasteiger partial charge is 0.336 e. The zero-order valence-corrected chi connectivity index (χ0v) is 14.6. The van der Waals surface area contributed by atoms with Gasteiger partial charge in [-0.3, -0.25) is 0 Å². The Morgan fingerprint density at radius 1 is 1.18 bits per heavy atom.